The van der Waals surface area contributed by atoms with Crippen LogP contribution in [0.2, 0.25) is 0 Å². The topological polar surface area (TPSA) is 38.3 Å². The molecule has 3 nitrogen and oxygen atoms in total. The summed E-state index contributed by atoms with van der Waals surface area (Å²) in [6, 6.07) is 0. The largest absolute Gasteiger partial charge is 0.446 e. The Kier molecular flexibility index (Phi) is 17.7. The van der Waals surface area contributed by atoms with Crippen molar-refractivity contribution in [3.05, 3.63) is 0 Å². The summed E-state index contributed by atoms with van der Waals surface area (Å²) < 4.78 is 5.47. The van der Waals surface area contributed by atoms with Gasteiger partial charge in [0.15, 0.2) is 0 Å². The van der Waals surface area contributed by atoms with E-state index in [1.165, 1.54) is 116 Å². The first-order valence-corrected chi connectivity index (χ1v) is 12.8. The second-order valence-corrected chi connectivity index (χ2v) is 8.90. The van der Waals surface area contributed by atoms with Gasteiger partial charge in [-0.15, -0.1) is 0 Å². The Hall–Kier alpha value is -0.730. The molecule has 0 aromatic rings. The lowest BCUT2D eigenvalue weighted by atomic mass is 9.98. The van der Waals surface area contributed by atoms with Gasteiger partial charge in [-0.1, -0.05) is 110 Å². The van der Waals surface area contributed by atoms with Gasteiger partial charge in [-0.25, -0.2) is 4.79 Å². The van der Waals surface area contributed by atoms with Gasteiger partial charge in [0.05, 0.1) is 0 Å². The van der Waals surface area contributed by atoms with E-state index in [9.17, 15) is 4.79 Å². The summed E-state index contributed by atoms with van der Waals surface area (Å²) in [5.41, 5.74) is 0. The lowest BCUT2D eigenvalue weighted by Crippen LogP contribution is -2.30. The SMILES string of the molecule is CCCCCCCCCCCCCCCCCCNC(=O)OC1CCCCC1. The molecule has 0 bridgehead atoms. The van der Waals surface area contributed by atoms with Crippen LogP contribution >= 0.6 is 0 Å². The standard InChI is InChI=1S/C25H49NO2/c1-2-3-4-5-6-7-8-9-10-11-12-13-14-15-16-20-23-26-25(27)28-24-21-18-17-19-22-24/h24H,2-23H2,1H3,(H,26,27). The minimum atomic E-state index is -0.201. The number of amides is 1. The highest BCUT2D eigenvalue weighted by molar-refractivity contribution is 5.67. The van der Waals surface area contributed by atoms with E-state index in [0.717, 1.165) is 25.8 Å². The van der Waals surface area contributed by atoms with Crippen molar-refractivity contribution in [1.82, 2.24) is 5.32 Å². The average molecular weight is 396 g/mol. The van der Waals surface area contributed by atoms with Crippen molar-refractivity contribution in [2.75, 3.05) is 6.54 Å². The fourth-order valence-electron chi connectivity index (χ4n) is 4.24. The Morgan fingerprint density at radius 1 is 0.679 bits per heavy atom. The summed E-state index contributed by atoms with van der Waals surface area (Å²) in [5.74, 6) is 0. The van der Waals surface area contributed by atoms with Crippen molar-refractivity contribution in [3.63, 3.8) is 0 Å². The van der Waals surface area contributed by atoms with Crippen LogP contribution in [-0.2, 0) is 4.74 Å². The lowest BCUT2D eigenvalue weighted by Gasteiger charge is -2.21. The van der Waals surface area contributed by atoms with Gasteiger partial charge in [0.1, 0.15) is 6.10 Å². The van der Waals surface area contributed by atoms with Gasteiger partial charge in [0, 0.05) is 6.54 Å². The Labute approximate surface area is 175 Å². The first-order valence-electron chi connectivity index (χ1n) is 12.8. The Balaban J connectivity index is 1.71. The normalized spacial score (nSPS) is 14.9. The molecule has 0 aromatic carbocycles. The third kappa shape index (κ3) is 16.2. The van der Waals surface area contributed by atoms with E-state index in [-0.39, 0.29) is 12.2 Å². The molecule has 1 saturated carbocycles. The molecule has 28 heavy (non-hydrogen) atoms. The summed E-state index contributed by atoms with van der Waals surface area (Å²) in [5, 5.41) is 2.92. The molecule has 0 atom stereocenters. The van der Waals surface area contributed by atoms with Crippen LogP contribution in [-0.4, -0.2) is 18.7 Å². The van der Waals surface area contributed by atoms with E-state index in [1.54, 1.807) is 0 Å². The Morgan fingerprint density at radius 2 is 1.11 bits per heavy atom. The molecule has 3 heteroatoms. The van der Waals surface area contributed by atoms with Crippen molar-refractivity contribution in [1.29, 1.82) is 0 Å². The summed E-state index contributed by atoms with van der Waals surface area (Å²) >= 11 is 0. The molecule has 0 aliphatic heterocycles. The van der Waals surface area contributed by atoms with E-state index in [2.05, 4.69) is 12.2 Å². The van der Waals surface area contributed by atoms with Crippen molar-refractivity contribution in [2.45, 2.75) is 148 Å². The van der Waals surface area contributed by atoms with Crippen molar-refractivity contribution in [2.24, 2.45) is 0 Å². The van der Waals surface area contributed by atoms with Crippen LogP contribution in [0.25, 0.3) is 0 Å². The van der Waals surface area contributed by atoms with Gasteiger partial charge >= 0.3 is 6.09 Å². The molecule has 1 aliphatic carbocycles. The van der Waals surface area contributed by atoms with Crippen molar-refractivity contribution < 1.29 is 9.53 Å². The molecule has 0 radical (unpaired) electrons. The molecular weight excluding hydrogens is 346 g/mol. The summed E-state index contributed by atoms with van der Waals surface area (Å²) in [6.07, 6.45) is 27.8. The van der Waals surface area contributed by atoms with Gasteiger partial charge in [-0.3, -0.25) is 0 Å². The van der Waals surface area contributed by atoms with Crippen LogP contribution in [0.4, 0.5) is 4.79 Å². The van der Waals surface area contributed by atoms with Crippen molar-refractivity contribution >= 4 is 6.09 Å². The molecule has 0 saturated heterocycles. The maximum atomic E-state index is 11.7. The highest BCUT2D eigenvalue weighted by Gasteiger charge is 2.17. The number of hydrogen-bond donors (Lipinski definition) is 1. The van der Waals surface area contributed by atoms with Gasteiger partial charge < -0.3 is 10.1 Å². The molecule has 1 fully saturated rings. The first-order chi connectivity index (χ1) is 13.8. The smallest absolute Gasteiger partial charge is 0.407 e. The maximum absolute atomic E-state index is 11.7. The van der Waals surface area contributed by atoms with Gasteiger partial charge in [-0.2, -0.15) is 0 Å². The molecule has 0 unspecified atom stereocenters. The molecule has 0 spiro atoms. The van der Waals surface area contributed by atoms with E-state index in [0.29, 0.717) is 0 Å². The van der Waals surface area contributed by atoms with Crippen LogP contribution in [0.5, 0.6) is 0 Å². The van der Waals surface area contributed by atoms with Crippen LogP contribution in [0.1, 0.15) is 142 Å². The summed E-state index contributed by atoms with van der Waals surface area (Å²) in [4.78, 5) is 11.7. The van der Waals surface area contributed by atoms with Gasteiger partial charge in [0.2, 0.25) is 0 Å². The lowest BCUT2D eigenvalue weighted by molar-refractivity contribution is 0.0753. The van der Waals surface area contributed by atoms with E-state index in [1.807, 2.05) is 0 Å². The number of nitrogens with one attached hydrogen (secondary N) is 1. The Bertz CT molecular complexity index is 339. The molecular formula is C25H49NO2. The van der Waals surface area contributed by atoms with Crippen LogP contribution in [0.15, 0.2) is 0 Å². The van der Waals surface area contributed by atoms with Gasteiger partial charge in [-0.05, 0) is 32.1 Å². The second-order valence-electron chi connectivity index (χ2n) is 8.90. The zero-order valence-corrected chi connectivity index (χ0v) is 19.0. The molecule has 0 heterocycles. The monoisotopic (exact) mass is 395 g/mol. The van der Waals surface area contributed by atoms with Crippen LogP contribution in [0.3, 0.4) is 0 Å². The van der Waals surface area contributed by atoms with Crippen LogP contribution in [0, 0.1) is 0 Å². The number of unbranched alkanes of at least 4 members (excludes halogenated alkanes) is 15. The third-order valence-electron chi connectivity index (χ3n) is 6.13. The molecule has 1 N–H and O–H groups in total. The summed E-state index contributed by atoms with van der Waals surface area (Å²) in [7, 11) is 0. The predicted octanol–water partition coefficient (Wildman–Crippen LogP) is 8.31. The predicted molar refractivity (Wildman–Crippen MR) is 121 cm³/mol. The molecule has 1 aliphatic rings. The minimum Gasteiger partial charge on any atom is -0.446 e. The fourth-order valence-corrected chi connectivity index (χ4v) is 4.24. The Morgan fingerprint density at radius 3 is 1.57 bits per heavy atom. The third-order valence-corrected chi connectivity index (χ3v) is 6.13. The highest BCUT2D eigenvalue weighted by atomic mass is 16.6. The zero-order chi connectivity index (χ0) is 20.1. The van der Waals surface area contributed by atoms with E-state index < -0.39 is 0 Å². The first kappa shape index (κ1) is 25.3. The maximum Gasteiger partial charge on any atom is 0.407 e. The highest BCUT2D eigenvalue weighted by Crippen LogP contribution is 2.20. The fraction of sp³-hybridized carbons (Fsp3) is 0.960. The van der Waals surface area contributed by atoms with Crippen molar-refractivity contribution in [3.8, 4) is 0 Å². The number of rotatable bonds is 18. The number of alkyl carbamates (subject to hydrolysis) is 1. The molecule has 0 aromatic heterocycles. The summed E-state index contributed by atoms with van der Waals surface area (Å²) in [6.45, 7) is 3.05. The van der Waals surface area contributed by atoms with Gasteiger partial charge in [0.25, 0.3) is 0 Å². The molecule has 1 amide bonds. The number of carbonyl (C=O) groups is 1. The quantitative estimate of drug-likeness (QED) is 0.237. The number of ether oxygens (including phenoxy) is 1. The average Bonchev–Trinajstić information content (AvgIpc) is 2.71. The van der Waals surface area contributed by atoms with E-state index >= 15 is 0 Å². The molecule has 166 valence electrons. The number of carbonyl (C=O) groups excluding carboxylic acids is 1. The zero-order valence-electron chi connectivity index (χ0n) is 19.0. The molecule has 1 rings (SSSR count). The minimum absolute atomic E-state index is 0.166. The van der Waals surface area contributed by atoms with E-state index in [4.69, 9.17) is 4.74 Å². The second kappa shape index (κ2) is 19.6. The van der Waals surface area contributed by atoms with Crippen LogP contribution < -0.4 is 5.32 Å². The number of hydrogen-bond acceptors (Lipinski definition) is 2.